The summed E-state index contributed by atoms with van der Waals surface area (Å²) in [5, 5.41) is 0.953. The molecule has 0 radical (unpaired) electrons. The summed E-state index contributed by atoms with van der Waals surface area (Å²) in [6.45, 7) is -2.20. The van der Waals surface area contributed by atoms with Crippen LogP contribution in [-0.4, -0.2) is 9.55 Å². The molecule has 0 bridgehead atoms. The second-order valence-electron chi connectivity index (χ2n) is 9.88. The predicted molar refractivity (Wildman–Crippen MR) is 171 cm³/mol. The number of imidazole rings is 1. The monoisotopic (exact) mass is 749 g/mol. The van der Waals surface area contributed by atoms with E-state index < -0.39 is 6.85 Å². The summed E-state index contributed by atoms with van der Waals surface area (Å²) >= 11 is 0. The number of hydrogen-bond acceptors (Lipinski definition) is 2. The van der Waals surface area contributed by atoms with E-state index in [9.17, 15) is 0 Å². The molecule has 0 aliphatic rings. The van der Waals surface area contributed by atoms with Gasteiger partial charge in [0.1, 0.15) is 0 Å². The molecule has 0 unspecified atom stereocenters. The van der Waals surface area contributed by atoms with E-state index in [1.54, 1.807) is 24.6 Å². The fourth-order valence-corrected chi connectivity index (χ4v) is 5.07. The zero-order chi connectivity index (χ0) is 31.5. The molecule has 44 heavy (non-hydrogen) atoms. The molecule has 5 aromatic carbocycles. The first kappa shape index (κ1) is 25.4. The Labute approximate surface area is 274 Å². The largest absolute Gasteiger partial charge is 3.00 e. The number of rotatable bonds is 4. The number of benzene rings is 5. The minimum Gasteiger partial charge on any atom is -0.512 e. The van der Waals surface area contributed by atoms with Crippen LogP contribution in [0.25, 0.3) is 55.8 Å². The topological polar surface area (TPSA) is 34.8 Å². The van der Waals surface area contributed by atoms with Gasteiger partial charge in [-0.3, -0.25) is 9.13 Å². The average Bonchev–Trinajstić information content (AvgIpc) is 3.71. The second kappa shape index (κ2) is 13.0. The molecule has 0 N–H and O–H groups in total. The molecule has 0 amide bonds. The molecule has 8 rings (SSSR count). The zero-order valence-electron chi connectivity index (χ0n) is 26.4. The summed E-state index contributed by atoms with van der Waals surface area (Å²) in [5.41, 5.74) is 8.20. The Hall–Kier alpha value is -5.09. The molecule has 0 aliphatic carbocycles. The van der Waals surface area contributed by atoms with E-state index in [-0.39, 0.29) is 20.1 Å². The minimum absolute atomic E-state index is 0. The van der Waals surface area contributed by atoms with Crippen LogP contribution in [0.3, 0.4) is 0 Å². The van der Waals surface area contributed by atoms with E-state index >= 15 is 0 Å². The van der Waals surface area contributed by atoms with Gasteiger partial charge in [-0.1, -0.05) is 84.2 Å². The van der Waals surface area contributed by atoms with Crippen LogP contribution in [0.15, 0.2) is 150 Å². The van der Waals surface area contributed by atoms with Crippen molar-refractivity contribution >= 4 is 22.0 Å². The summed E-state index contributed by atoms with van der Waals surface area (Å²) in [5.74, 6) is 0. The van der Waals surface area contributed by atoms with Gasteiger partial charge in [0.15, 0.2) is 0 Å². The molecule has 4 nitrogen and oxygen atoms in total. The van der Waals surface area contributed by atoms with Gasteiger partial charge in [-0.2, -0.15) is 0 Å². The normalized spacial score (nSPS) is 12.0. The minimum atomic E-state index is -2.20. The van der Waals surface area contributed by atoms with Crippen LogP contribution in [0.4, 0.5) is 0 Å². The Kier molecular flexibility index (Phi) is 7.54. The van der Waals surface area contributed by atoms with Crippen LogP contribution in [0.1, 0.15) is 9.68 Å². The van der Waals surface area contributed by atoms with E-state index in [4.69, 9.17) is 8.53 Å². The van der Waals surface area contributed by atoms with Crippen molar-refractivity contribution in [3.63, 3.8) is 0 Å². The predicted octanol–water partition coefficient (Wildman–Crippen LogP) is 8.78. The van der Waals surface area contributed by atoms with E-state index in [1.807, 2.05) is 102 Å². The van der Waals surface area contributed by atoms with E-state index in [1.165, 1.54) is 0 Å². The van der Waals surface area contributed by atoms with Crippen molar-refractivity contribution in [3.8, 4) is 33.8 Å². The first-order valence-corrected chi connectivity index (χ1v) is 13.9. The van der Waals surface area contributed by atoms with Crippen molar-refractivity contribution in [2.75, 3.05) is 0 Å². The first-order valence-electron chi connectivity index (χ1n) is 15.4. The van der Waals surface area contributed by atoms with Crippen molar-refractivity contribution < 1.29 is 33.2 Å². The SMILES string of the molecule is [2H]C([2H])([2H])c1cc(-c2[c-]cccc2)ncc1-c1ccccc1.[Ir+3].[c-]1cccc2occ(-n3[c-][n+](-c4ccccc4)c4ccccc43)c12. The van der Waals surface area contributed by atoms with E-state index in [0.29, 0.717) is 16.8 Å². The Bertz CT molecular complexity index is 2250. The Morgan fingerprint density at radius 1 is 0.795 bits per heavy atom. The van der Waals surface area contributed by atoms with Gasteiger partial charge in [-0.25, -0.2) is 0 Å². The van der Waals surface area contributed by atoms with Crippen LogP contribution < -0.4 is 4.57 Å². The summed E-state index contributed by atoms with van der Waals surface area (Å²) in [7, 11) is 0. The Balaban J connectivity index is 0.000000162. The number of hydrogen-bond donors (Lipinski definition) is 0. The van der Waals surface area contributed by atoms with Crippen LogP contribution in [-0.2, 0) is 20.1 Å². The summed E-state index contributed by atoms with van der Waals surface area (Å²) < 4.78 is 33.2. The third-order valence-corrected chi connectivity index (χ3v) is 7.16. The van der Waals surface area contributed by atoms with Gasteiger partial charge in [0.05, 0.1) is 28.7 Å². The van der Waals surface area contributed by atoms with Crippen LogP contribution in [0, 0.1) is 25.3 Å². The smallest absolute Gasteiger partial charge is 0.512 e. The first-order chi connectivity index (χ1) is 22.5. The fraction of sp³-hybridized carbons (Fsp3) is 0.0256. The van der Waals surface area contributed by atoms with Crippen LogP contribution in [0.5, 0.6) is 0 Å². The number of fused-ring (bicyclic) bond motifs is 2. The van der Waals surface area contributed by atoms with Crippen molar-refractivity contribution in [2.45, 2.75) is 6.85 Å². The average molecular weight is 749 g/mol. The van der Waals surface area contributed by atoms with Gasteiger partial charge < -0.3 is 9.40 Å². The number of nitrogens with zero attached hydrogens (tertiary/aromatic N) is 3. The molecule has 0 spiro atoms. The van der Waals surface area contributed by atoms with Crippen molar-refractivity contribution in [1.82, 2.24) is 9.55 Å². The molecule has 0 aliphatic heterocycles. The summed E-state index contributed by atoms with van der Waals surface area (Å²) in [6, 6.07) is 49.1. The molecule has 0 saturated carbocycles. The number of furan rings is 1. The van der Waals surface area contributed by atoms with Gasteiger partial charge >= 0.3 is 20.1 Å². The van der Waals surface area contributed by atoms with Crippen molar-refractivity contribution in [3.05, 3.63) is 170 Å². The van der Waals surface area contributed by atoms with Gasteiger partial charge in [0.2, 0.25) is 0 Å². The summed E-state index contributed by atoms with van der Waals surface area (Å²) in [4.78, 5) is 4.42. The maximum atomic E-state index is 7.82. The number of aromatic nitrogens is 3. The Morgan fingerprint density at radius 2 is 1.55 bits per heavy atom. The standard InChI is InChI=1S/C21H13N2O.C18H14N.Ir/c1-2-8-16(9-3-1)22-15-23(19-12-6-5-11-18(19)22)20-14-24-21-13-7-4-10-17(20)21;1-14-12-18(16-10-6-3-7-11-16)19-13-17(14)15-8-4-2-5-9-15;/h1-9,11-14H;2-10,12-13H,1H3;/q2*-1;+3/i;1D3;. The molecule has 0 atom stereocenters. The van der Waals surface area contributed by atoms with Gasteiger partial charge in [-0.15, -0.1) is 60.2 Å². The molecule has 3 heterocycles. The molecule has 0 fully saturated rings. The summed E-state index contributed by atoms with van der Waals surface area (Å²) in [6.07, 6.45) is 6.85. The molecule has 5 heteroatoms. The van der Waals surface area contributed by atoms with Gasteiger partial charge in [0.25, 0.3) is 6.33 Å². The molecular formula is C39H27IrN3O+. The molecular weight excluding hydrogens is 719 g/mol. The molecule has 3 aromatic heterocycles. The van der Waals surface area contributed by atoms with Crippen LogP contribution in [0.2, 0.25) is 0 Å². The van der Waals surface area contributed by atoms with E-state index in [0.717, 1.165) is 44.5 Å². The fourth-order valence-electron chi connectivity index (χ4n) is 5.07. The second-order valence-corrected chi connectivity index (χ2v) is 9.88. The van der Waals surface area contributed by atoms with Crippen LogP contribution >= 0.6 is 0 Å². The molecule has 212 valence electrons. The van der Waals surface area contributed by atoms with Gasteiger partial charge in [0, 0.05) is 21.5 Å². The third kappa shape index (κ3) is 5.76. The third-order valence-electron chi connectivity index (χ3n) is 7.16. The Morgan fingerprint density at radius 3 is 2.34 bits per heavy atom. The maximum Gasteiger partial charge on any atom is 3.00 e. The molecule has 8 aromatic rings. The zero-order valence-corrected chi connectivity index (χ0v) is 25.8. The van der Waals surface area contributed by atoms with Crippen molar-refractivity contribution in [2.24, 2.45) is 0 Å². The quantitative estimate of drug-likeness (QED) is 0.133. The number of para-hydroxylation sites is 3. The van der Waals surface area contributed by atoms with E-state index in [2.05, 4.69) is 52.3 Å². The maximum absolute atomic E-state index is 7.82. The number of aryl methyl sites for hydroxylation is 1. The van der Waals surface area contributed by atoms with Crippen molar-refractivity contribution in [1.29, 1.82) is 0 Å². The van der Waals surface area contributed by atoms with Gasteiger partial charge in [-0.05, 0) is 35.8 Å². The molecule has 0 saturated heterocycles. The number of pyridine rings is 1.